The highest BCUT2D eigenvalue weighted by Gasteiger charge is 2.25. The Morgan fingerprint density at radius 2 is 1.83 bits per heavy atom. The van der Waals surface area contributed by atoms with Gasteiger partial charge < -0.3 is 9.80 Å². The van der Waals surface area contributed by atoms with Crippen molar-refractivity contribution >= 4 is 28.4 Å². The van der Waals surface area contributed by atoms with Crippen molar-refractivity contribution in [2.45, 2.75) is 6.92 Å². The molecule has 124 valence electrons. The molecule has 3 rings (SSSR count). The van der Waals surface area contributed by atoms with Gasteiger partial charge in [-0.25, -0.2) is 14.4 Å². The van der Waals surface area contributed by atoms with Crippen molar-refractivity contribution in [3.8, 4) is 0 Å². The van der Waals surface area contributed by atoms with Crippen LogP contribution in [0.1, 0.15) is 6.92 Å². The Bertz CT molecular complexity index is 808. The van der Waals surface area contributed by atoms with Crippen LogP contribution in [0.2, 0.25) is 0 Å². The van der Waals surface area contributed by atoms with E-state index in [0.717, 1.165) is 22.8 Å². The zero-order valence-electron chi connectivity index (χ0n) is 13.3. The second kappa shape index (κ2) is 6.74. The van der Waals surface area contributed by atoms with Gasteiger partial charge in [-0.15, -0.1) is 0 Å². The van der Waals surface area contributed by atoms with Gasteiger partial charge in [-0.05, 0) is 19.1 Å². The molecule has 0 bridgehead atoms. The van der Waals surface area contributed by atoms with Gasteiger partial charge in [-0.3, -0.25) is 9.59 Å². The van der Waals surface area contributed by atoms with Crippen LogP contribution in [0.4, 0.5) is 10.2 Å². The first-order valence-electron chi connectivity index (χ1n) is 7.68. The number of para-hydroxylation sites is 1. The van der Waals surface area contributed by atoms with E-state index in [1.54, 1.807) is 0 Å². The summed E-state index contributed by atoms with van der Waals surface area (Å²) in [4.78, 5) is 34.9. The number of anilines is 1. The van der Waals surface area contributed by atoms with Crippen LogP contribution < -0.4 is 4.90 Å². The molecule has 24 heavy (non-hydrogen) atoms. The van der Waals surface area contributed by atoms with Crippen LogP contribution in [0.25, 0.3) is 10.9 Å². The fourth-order valence-corrected chi connectivity index (χ4v) is 2.76. The van der Waals surface area contributed by atoms with Crippen molar-refractivity contribution in [2.24, 2.45) is 0 Å². The molecule has 0 unspecified atom stereocenters. The van der Waals surface area contributed by atoms with Gasteiger partial charge >= 0.3 is 0 Å². The molecule has 1 aliphatic heterocycles. The quantitative estimate of drug-likeness (QED) is 0.803. The summed E-state index contributed by atoms with van der Waals surface area (Å²) in [5, 5.41) is 0.947. The van der Waals surface area contributed by atoms with E-state index < -0.39 is 17.5 Å². The topological polar surface area (TPSA) is 66.4 Å². The average molecular weight is 328 g/mol. The molecule has 1 fully saturated rings. The van der Waals surface area contributed by atoms with Crippen molar-refractivity contribution in [1.29, 1.82) is 0 Å². The van der Waals surface area contributed by atoms with E-state index >= 15 is 0 Å². The SMILES string of the molecule is CC(=O)C=C(F)C(=O)N1CCN(c2ncnc3ccccc23)CC1. The number of halogens is 1. The summed E-state index contributed by atoms with van der Waals surface area (Å²) in [6.45, 7) is 3.04. The fraction of sp³-hybridized carbons (Fsp3) is 0.294. The summed E-state index contributed by atoms with van der Waals surface area (Å²) in [6, 6.07) is 7.72. The summed E-state index contributed by atoms with van der Waals surface area (Å²) in [6.07, 6.45) is 2.25. The number of allylic oxidation sites excluding steroid dienone is 1. The normalized spacial score (nSPS) is 15.7. The minimum atomic E-state index is -1.01. The number of rotatable bonds is 3. The first-order chi connectivity index (χ1) is 11.6. The molecule has 6 nitrogen and oxygen atoms in total. The standard InChI is InChI=1S/C17H17FN4O2/c1-12(23)10-14(18)17(24)22-8-6-21(7-9-22)16-13-4-2-3-5-15(13)19-11-20-16/h2-5,10-11H,6-9H2,1H3. The summed E-state index contributed by atoms with van der Waals surface area (Å²) in [5.41, 5.74) is 0.858. The number of ketones is 1. The van der Waals surface area contributed by atoms with E-state index in [-0.39, 0.29) is 0 Å². The predicted octanol–water partition coefficient (Wildman–Crippen LogP) is 1.72. The number of piperazine rings is 1. The molecule has 0 atom stereocenters. The molecular weight excluding hydrogens is 311 g/mol. The van der Waals surface area contributed by atoms with Crippen molar-refractivity contribution in [1.82, 2.24) is 14.9 Å². The Morgan fingerprint density at radius 3 is 2.54 bits per heavy atom. The van der Waals surface area contributed by atoms with E-state index in [0.29, 0.717) is 26.2 Å². The highest BCUT2D eigenvalue weighted by Crippen LogP contribution is 2.23. The second-order valence-electron chi connectivity index (χ2n) is 5.60. The third kappa shape index (κ3) is 3.24. The lowest BCUT2D eigenvalue weighted by molar-refractivity contribution is -0.129. The van der Waals surface area contributed by atoms with Crippen molar-refractivity contribution < 1.29 is 14.0 Å². The van der Waals surface area contributed by atoms with Crippen molar-refractivity contribution in [2.75, 3.05) is 31.1 Å². The van der Waals surface area contributed by atoms with E-state index in [9.17, 15) is 14.0 Å². The van der Waals surface area contributed by atoms with E-state index in [1.807, 2.05) is 24.3 Å². The number of carbonyl (C=O) groups is 2. The molecule has 0 radical (unpaired) electrons. The molecule has 2 aromatic rings. The van der Waals surface area contributed by atoms with Crippen LogP contribution in [0.5, 0.6) is 0 Å². The molecule has 2 heterocycles. The van der Waals surface area contributed by atoms with Gasteiger partial charge in [0.1, 0.15) is 12.1 Å². The summed E-state index contributed by atoms with van der Waals surface area (Å²) in [5.74, 6) is -1.42. The predicted molar refractivity (Wildman–Crippen MR) is 88.2 cm³/mol. The molecule has 0 aliphatic carbocycles. The van der Waals surface area contributed by atoms with Crippen molar-refractivity contribution in [3.63, 3.8) is 0 Å². The smallest absolute Gasteiger partial charge is 0.282 e. The lowest BCUT2D eigenvalue weighted by Gasteiger charge is -2.35. The minimum Gasteiger partial charge on any atom is -0.352 e. The summed E-state index contributed by atoms with van der Waals surface area (Å²) >= 11 is 0. The number of benzene rings is 1. The Hall–Kier alpha value is -2.83. The Morgan fingerprint density at radius 1 is 1.12 bits per heavy atom. The molecule has 1 aromatic carbocycles. The third-order valence-corrected chi connectivity index (χ3v) is 3.92. The van der Waals surface area contributed by atoms with Gasteiger partial charge in [0.25, 0.3) is 5.91 Å². The molecule has 1 aliphatic rings. The van der Waals surface area contributed by atoms with Crippen LogP contribution in [0.3, 0.4) is 0 Å². The Kier molecular flexibility index (Phi) is 4.50. The number of nitrogens with zero attached hydrogens (tertiary/aromatic N) is 4. The largest absolute Gasteiger partial charge is 0.352 e. The first-order valence-corrected chi connectivity index (χ1v) is 7.68. The molecule has 7 heteroatoms. The highest BCUT2D eigenvalue weighted by atomic mass is 19.1. The molecule has 0 spiro atoms. The highest BCUT2D eigenvalue weighted by molar-refractivity contribution is 5.99. The maximum Gasteiger partial charge on any atom is 0.282 e. The number of carbonyl (C=O) groups excluding carboxylic acids is 2. The monoisotopic (exact) mass is 328 g/mol. The van der Waals surface area contributed by atoms with Crippen LogP contribution in [0.15, 0.2) is 42.5 Å². The molecular formula is C17H17FN4O2. The van der Waals surface area contributed by atoms with E-state index in [2.05, 4.69) is 14.9 Å². The van der Waals surface area contributed by atoms with E-state index in [4.69, 9.17) is 0 Å². The van der Waals surface area contributed by atoms with Gasteiger partial charge in [0.2, 0.25) is 0 Å². The lowest BCUT2D eigenvalue weighted by atomic mass is 10.2. The fourth-order valence-electron chi connectivity index (χ4n) is 2.76. The van der Waals surface area contributed by atoms with Crippen molar-refractivity contribution in [3.05, 3.63) is 42.5 Å². The van der Waals surface area contributed by atoms with Gasteiger partial charge in [-0.1, -0.05) is 12.1 Å². The average Bonchev–Trinajstić information content (AvgIpc) is 2.60. The Balaban J connectivity index is 1.73. The van der Waals surface area contributed by atoms with E-state index in [1.165, 1.54) is 18.2 Å². The van der Waals surface area contributed by atoms with Crippen LogP contribution in [-0.2, 0) is 9.59 Å². The minimum absolute atomic E-state index is 0.371. The number of hydrogen-bond acceptors (Lipinski definition) is 5. The number of aromatic nitrogens is 2. The number of hydrogen-bond donors (Lipinski definition) is 0. The first kappa shape index (κ1) is 16.0. The number of fused-ring (bicyclic) bond motifs is 1. The number of amides is 1. The molecule has 0 saturated carbocycles. The molecule has 1 saturated heterocycles. The van der Waals surface area contributed by atoms with Crippen LogP contribution >= 0.6 is 0 Å². The van der Waals surface area contributed by atoms with Crippen LogP contribution in [-0.4, -0.2) is 52.7 Å². The van der Waals surface area contributed by atoms with Crippen LogP contribution in [0, 0.1) is 0 Å². The lowest BCUT2D eigenvalue weighted by Crippen LogP contribution is -2.49. The second-order valence-corrected chi connectivity index (χ2v) is 5.60. The maximum atomic E-state index is 13.7. The maximum absolute atomic E-state index is 13.7. The summed E-state index contributed by atoms with van der Waals surface area (Å²) in [7, 11) is 0. The van der Waals surface area contributed by atoms with Gasteiger partial charge in [0, 0.05) is 37.6 Å². The van der Waals surface area contributed by atoms with Gasteiger partial charge in [0.15, 0.2) is 11.6 Å². The van der Waals surface area contributed by atoms with Gasteiger partial charge in [-0.2, -0.15) is 0 Å². The zero-order valence-corrected chi connectivity index (χ0v) is 13.3. The third-order valence-electron chi connectivity index (χ3n) is 3.92. The summed E-state index contributed by atoms with van der Waals surface area (Å²) < 4.78 is 13.7. The Labute approximate surface area is 138 Å². The molecule has 1 aromatic heterocycles. The van der Waals surface area contributed by atoms with Gasteiger partial charge in [0.05, 0.1) is 5.52 Å². The molecule has 1 amide bonds. The zero-order chi connectivity index (χ0) is 17.1. The molecule has 0 N–H and O–H groups in total.